The lowest BCUT2D eigenvalue weighted by Crippen LogP contribution is -2.43. The predicted octanol–water partition coefficient (Wildman–Crippen LogP) is 1.28. The van der Waals surface area contributed by atoms with Gasteiger partial charge in [0.05, 0.1) is 4.92 Å². The fourth-order valence-corrected chi connectivity index (χ4v) is 1.88. The Morgan fingerprint density at radius 2 is 1.94 bits per heavy atom. The van der Waals surface area contributed by atoms with Gasteiger partial charge in [-0.15, -0.1) is 0 Å². The van der Waals surface area contributed by atoms with Crippen molar-refractivity contribution in [3.05, 3.63) is 33.9 Å². The number of hydrogen-bond acceptors (Lipinski definition) is 4. The summed E-state index contributed by atoms with van der Waals surface area (Å²) in [4.78, 5) is 11.6. The van der Waals surface area contributed by atoms with Crippen LogP contribution in [0.2, 0.25) is 0 Å². The number of halogens is 2. The fraction of sp³-hybridized carbons (Fsp3) is 0.400. The monoisotopic (exact) mass is 243 g/mol. The Morgan fingerprint density at radius 1 is 1.29 bits per heavy atom. The van der Waals surface area contributed by atoms with E-state index in [4.69, 9.17) is 0 Å². The maximum absolute atomic E-state index is 13.4. The van der Waals surface area contributed by atoms with Crippen LogP contribution in [0.4, 0.5) is 20.2 Å². The number of piperazine rings is 1. The van der Waals surface area contributed by atoms with Gasteiger partial charge in [-0.1, -0.05) is 0 Å². The van der Waals surface area contributed by atoms with Crippen LogP contribution in [-0.4, -0.2) is 31.1 Å². The van der Waals surface area contributed by atoms with Crippen molar-refractivity contribution in [2.24, 2.45) is 0 Å². The molecule has 0 saturated carbocycles. The first-order valence-corrected chi connectivity index (χ1v) is 5.18. The van der Waals surface area contributed by atoms with E-state index < -0.39 is 22.2 Å². The van der Waals surface area contributed by atoms with E-state index in [2.05, 4.69) is 5.32 Å². The molecule has 2 rings (SSSR count). The number of hydrogen-bond donors (Lipinski definition) is 1. The predicted molar refractivity (Wildman–Crippen MR) is 58.1 cm³/mol. The highest BCUT2D eigenvalue weighted by atomic mass is 19.1. The quantitative estimate of drug-likeness (QED) is 0.628. The first-order chi connectivity index (χ1) is 8.09. The Kier molecular flexibility index (Phi) is 3.19. The van der Waals surface area contributed by atoms with Crippen molar-refractivity contribution in [1.29, 1.82) is 0 Å². The summed E-state index contributed by atoms with van der Waals surface area (Å²) in [6.07, 6.45) is 0. The number of rotatable bonds is 2. The Hall–Kier alpha value is -1.76. The van der Waals surface area contributed by atoms with Gasteiger partial charge in [-0.25, -0.2) is 4.39 Å². The molecule has 0 unspecified atom stereocenters. The van der Waals surface area contributed by atoms with E-state index in [0.717, 1.165) is 6.07 Å². The van der Waals surface area contributed by atoms with Gasteiger partial charge in [-0.05, 0) is 0 Å². The minimum atomic E-state index is -1.14. The summed E-state index contributed by atoms with van der Waals surface area (Å²) in [6.45, 7) is 2.25. The van der Waals surface area contributed by atoms with E-state index in [1.807, 2.05) is 0 Å². The number of nitro groups is 1. The smallest absolute Gasteiger partial charge is 0.328 e. The Bertz CT molecular complexity index is 447. The largest absolute Gasteiger partial charge is 0.363 e. The van der Waals surface area contributed by atoms with Crippen molar-refractivity contribution < 1.29 is 13.7 Å². The third-order valence-electron chi connectivity index (χ3n) is 2.65. The molecule has 0 atom stereocenters. The zero-order chi connectivity index (χ0) is 12.4. The lowest BCUT2D eigenvalue weighted by atomic mass is 10.2. The third kappa shape index (κ3) is 2.33. The number of nitrogens with one attached hydrogen (secondary N) is 1. The SMILES string of the molecule is O=[N+]([O-])c1c(F)cc(F)cc1N1CCNCC1. The van der Waals surface area contributed by atoms with Crippen molar-refractivity contribution in [2.45, 2.75) is 0 Å². The molecule has 1 heterocycles. The van der Waals surface area contributed by atoms with Gasteiger partial charge in [0.15, 0.2) is 0 Å². The summed E-state index contributed by atoms with van der Waals surface area (Å²) in [7, 11) is 0. The summed E-state index contributed by atoms with van der Waals surface area (Å²) in [5.74, 6) is -1.94. The van der Waals surface area contributed by atoms with Crippen LogP contribution in [0.15, 0.2) is 12.1 Å². The number of nitro benzene ring substituents is 1. The summed E-state index contributed by atoms with van der Waals surface area (Å²) < 4.78 is 26.5. The fourth-order valence-electron chi connectivity index (χ4n) is 1.88. The van der Waals surface area contributed by atoms with E-state index in [0.29, 0.717) is 32.2 Å². The minimum Gasteiger partial charge on any atom is -0.363 e. The van der Waals surface area contributed by atoms with Gasteiger partial charge in [0.2, 0.25) is 5.82 Å². The van der Waals surface area contributed by atoms with E-state index in [9.17, 15) is 18.9 Å². The Balaban J connectivity index is 2.46. The van der Waals surface area contributed by atoms with Gasteiger partial charge >= 0.3 is 5.69 Å². The third-order valence-corrected chi connectivity index (χ3v) is 2.65. The van der Waals surface area contributed by atoms with Crippen LogP contribution < -0.4 is 10.2 Å². The minimum absolute atomic E-state index is 0.00833. The molecule has 0 amide bonds. The van der Waals surface area contributed by atoms with E-state index in [-0.39, 0.29) is 5.69 Å². The molecule has 5 nitrogen and oxygen atoms in total. The summed E-state index contributed by atoms with van der Waals surface area (Å²) in [5.41, 5.74) is -0.651. The average Bonchev–Trinajstić information content (AvgIpc) is 2.28. The van der Waals surface area contributed by atoms with Crippen molar-refractivity contribution in [3.63, 3.8) is 0 Å². The number of anilines is 1. The van der Waals surface area contributed by atoms with Crippen LogP contribution in [0.3, 0.4) is 0 Å². The molecule has 1 fully saturated rings. The molecule has 1 N–H and O–H groups in total. The van der Waals surface area contributed by atoms with E-state index in [1.165, 1.54) is 0 Å². The van der Waals surface area contributed by atoms with Crippen molar-refractivity contribution in [3.8, 4) is 0 Å². The first-order valence-electron chi connectivity index (χ1n) is 5.18. The van der Waals surface area contributed by atoms with Crippen LogP contribution in [0.5, 0.6) is 0 Å². The molecule has 1 aliphatic heterocycles. The molecular formula is C10H11F2N3O2. The molecule has 1 saturated heterocycles. The van der Waals surface area contributed by atoms with Gasteiger partial charge in [0.25, 0.3) is 0 Å². The van der Waals surface area contributed by atoms with Gasteiger partial charge < -0.3 is 10.2 Å². The zero-order valence-corrected chi connectivity index (χ0v) is 8.95. The molecule has 0 aromatic heterocycles. The highest BCUT2D eigenvalue weighted by molar-refractivity contribution is 5.64. The lowest BCUT2D eigenvalue weighted by molar-refractivity contribution is -0.386. The van der Waals surface area contributed by atoms with Crippen molar-refractivity contribution in [2.75, 3.05) is 31.1 Å². The zero-order valence-electron chi connectivity index (χ0n) is 8.95. The second kappa shape index (κ2) is 4.62. The first kappa shape index (κ1) is 11.7. The Labute approximate surface area is 96.2 Å². The van der Waals surface area contributed by atoms with Crippen LogP contribution in [0.25, 0.3) is 0 Å². The number of nitrogens with zero attached hydrogens (tertiary/aromatic N) is 2. The van der Waals surface area contributed by atoms with Crippen LogP contribution in [-0.2, 0) is 0 Å². The molecule has 92 valence electrons. The second-order valence-corrected chi connectivity index (χ2v) is 3.75. The van der Waals surface area contributed by atoms with E-state index >= 15 is 0 Å². The maximum atomic E-state index is 13.4. The molecule has 17 heavy (non-hydrogen) atoms. The van der Waals surface area contributed by atoms with Crippen molar-refractivity contribution in [1.82, 2.24) is 5.32 Å². The molecule has 0 bridgehead atoms. The van der Waals surface area contributed by atoms with Gasteiger partial charge in [-0.3, -0.25) is 10.1 Å². The van der Waals surface area contributed by atoms with Crippen LogP contribution in [0.1, 0.15) is 0 Å². The van der Waals surface area contributed by atoms with Gasteiger partial charge in [0, 0.05) is 38.3 Å². The summed E-state index contributed by atoms with van der Waals surface area (Å²) >= 11 is 0. The second-order valence-electron chi connectivity index (χ2n) is 3.75. The molecule has 1 aromatic rings. The molecule has 0 aliphatic carbocycles. The lowest BCUT2D eigenvalue weighted by Gasteiger charge is -2.29. The maximum Gasteiger partial charge on any atom is 0.328 e. The average molecular weight is 243 g/mol. The molecule has 1 aromatic carbocycles. The summed E-state index contributed by atoms with van der Waals surface area (Å²) in [5, 5.41) is 13.9. The number of benzene rings is 1. The van der Waals surface area contributed by atoms with Gasteiger partial charge in [0.1, 0.15) is 11.5 Å². The molecule has 0 spiro atoms. The standard InChI is InChI=1S/C10H11F2N3O2/c11-7-5-8(12)10(15(16)17)9(6-7)14-3-1-13-2-4-14/h5-6,13H,1-4H2. The topological polar surface area (TPSA) is 58.4 Å². The summed E-state index contributed by atoms with van der Waals surface area (Å²) in [6, 6.07) is 1.54. The molecule has 7 heteroatoms. The van der Waals surface area contributed by atoms with Crippen LogP contribution >= 0.6 is 0 Å². The highest BCUT2D eigenvalue weighted by Gasteiger charge is 2.26. The van der Waals surface area contributed by atoms with Crippen LogP contribution in [0, 0.1) is 21.7 Å². The van der Waals surface area contributed by atoms with E-state index in [1.54, 1.807) is 4.90 Å². The Morgan fingerprint density at radius 3 is 2.53 bits per heavy atom. The van der Waals surface area contributed by atoms with Crippen molar-refractivity contribution >= 4 is 11.4 Å². The molecular weight excluding hydrogens is 232 g/mol. The highest BCUT2D eigenvalue weighted by Crippen LogP contribution is 2.32. The molecule has 0 radical (unpaired) electrons. The molecule has 1 aliphatic rings. The van der Waals surface area contributed by atoms with Gasteiger partial charge in [-0.2, -0.15) is 4.39 Å². The normalized spacial score (nSPS) is 16.0.